The molecule has 0 radical (unpaired) electrons. The minimum atomic E-state index is -3.90. The monoisotopic (exact) mass is 452 g/mol. The van der Waals surface area contributed by atoms with Crippen molar-refractivity contribution in [3.8, 4) is 11.5 Å². The highest BCUT2D eigenvalue weighted by molar-refractivity contribution is 7.89. The summed E-state index contributed by atoms with van der Waals surface area (Å²) in [7, 11) is -0.862. The number of hydrogen-bond acceptors (Lipinski definition) is 5. The van der Waals surface area contributed by atoms with Gasteiger partial charge >= 0.3 is 0 Å². The third-order valence-corrected chi connectivity index (χ3v) is 7.39. The van der Waals surface area contributed by atoms with E-state index in [0.29, 0.717) is 17.2 Å². The van der Waals surface area contributed by atoms with Gasteiger partial charge in [-0.2, -0.15) is 4.31 Å². The van der Waals surface area contributed by atoms with E-state index < -0.39 is 22.0 Å². The molecule has 3 aromatic carbocycles. The highest BCUT2D eigenvalue weighted by Crippen LogP contribution is 2.32. The van der Waals surface area contributed by atoms with Gasteiger partial charge in [-0.3, -0.25) is 4.79 Å². The zero-order chi connectivity index (χ0) is 22.7. The van der Waals surface area contributed by atoms with E-state index in [1.54, 1.807) is 43.5 Å². The van der Waals surface area contributed by atoms with Crippen LogP contribution < -0.4 is 14.8 Å². The van der Waals surface area contributed by atoms with Crippen LogP contribution >= 0.6 is 0 Å². The van der Waals surface area contributed by atoms with E-state index in [1.807, 2.05) is 24.3 Å². The quantitative estimate of drug-likeness (QED) is 0.619. The predicted molar refractivity (Wildman–Crippen MR) is 121 cm³/mol. The molecule has 0 saturated heterocycles. The van der Waals surface area contributed by atoms with Gasteiger partial charge in [0.05, 0.1) is 24.8 Å². The minimum Gasteiger partial charge on any atom is -0.497 e. The summed E-state index contributed by atoms with van der Waals surface area (Å²) in [6.07, 6.45) is 0.270. The molecule has 4 rings (SSSR count). The molecule has 166 valence electrons. The van der Waals surface area contributed by atoms with Crippen molar-refractivity contribution in [3.05, 3.63) is 83.9 Å². The van der Waals surface area contributed by atoms with Crippen LogP contribution in [0, 0.1) is 0 Å². The van der Waals surface area contributed by atoms with Crippen LogP contribution in [0.15, 0.2) is 77.7 Å². The molecule has 0 fully saturated rings. The number of rotatable bonds is 6. The second-order valence-corrected chi connectivity index (χ2v) is 9.30. The second-order valence-electron chi connectivity index (χ2n) is 7.41. The Morgan fingerprint density at radius 3 is 2.31 bits per heavy atom. The van der Waals surface area contributed by atoms with Crippen LogP contribution in [0.5, 0.6) is 11.5 Å². The van der Waals surface area contributed by atoms with Crippen molar-refractivity contribution in [1.29, 1.82) is 0 Å². The van der Waals surface area contributed by atoms with Crippen molar-refractivity contribution in [1.82, 2.24) is 4.31 Å². The van der Waals surface area contributed by atoms with Crippen LogP contribution in [0.3, 0.4) is 0 Å². The smallest absolute Gasteiger partial charge is 0.244 e. The van der Waals surface area contributed by atoms with Gasteiger partial charge in [-0.15, -0.1) is 0 Å². The molecule has 7 nitrogen and oxygen atoms in total. The molecular formula is C24H24N2O5S. The number of nitrogens with zero attached hydrogens (tertiary/aromatic N) is 1. The Labute approximate surface area is 187 Å². The zero-order valence-electron chi connectivity index (χ0n) is 17.8. The highest BCUT2D eigenvalue weighted by Gasteiger charge is 2.39. The molecule has 0 spiro atoms. The molecule has 0 bridgehead atoms. The molecular weight excluding hydrogens is 428 g/mol. The highest BCUT2D eigenvalue weighted by atomic mass is 32.2. The lowest BCUT2D eigenvalue weighted by atomic mass is 9.95. The van der Waals surface area contributed by atoms with Crippen LogP contribution in [0.1, 0.15) is 11.1 Å². The summed E-state index contributed by atoms with van der Waals surface area (Å²) >= 11 is 0. The van der Waals surface area contributed by atoms with E-state index in [1.165, 1.54) is 23.5 Å². The van der Waals surface area contributed by atoms with Crippen LogP contribution in [0.4, 0.5) is 5.69 Å². The van der Waals surface area contributed by atoms with Crippen molar-refractivity contribution in [3.63, 3.8) is 0 Å². The van der Waals surface area contributed by atoms with Crippen LogP contribution in [0.25, 0.3) is 0 Å². The van der Waals surface area contributed by atoms with Crippen molar-refractivity contribution in [2.24, 2.45) is 0 Å². The van der Waals surface area contributed by atoms with Gasteiger partial charge < -0.3 is 14.8 Å². The Balaban J connectivity index is 1.70. The summed E-state index contributed by atoms with van der Waals surface area (Å²) < 4.78 is 38.8. The molecule has 32 heavy (non-hydrogen) atoms. The molecule has 0 aromatic heterocycles. The summed E-state index contributed by atoms with van der Waals surface area (Å²) in [6, 6.07) is 19.9. The predicted octanol–water partition coefficient (Wildman–Crippen LogP) is 3.46. The first kappa shape index (κ1) is 21.9. The van der Waals surface area contributed by atoms with Gasteiger partial charge in [0.15, 0.2) is 0 Å². The van der Waals surface area contributed by atoms with E-state index in [-0.39, 0.29) is 17.9 Å². The number of hydrogen-bond donors (Lipinski definition) is 1. The van der Waals surface area contributed by atoms with Crippen molar-refractivity contribution in [2.45, 2.75) is 23.9 Å². The number of fused-ring (bicyclic) bond motifs is 1. The Hall–Kier alpha value is -3.36. The summed E-state index contributed by atoms with van der Waals surface area (Å²) in [4.78, 5) is 13.5. The minimum absolute atomic E-state index is 0.116. The Kier molecular flexibility index (Phi) is 6.16. The number of anilines is 1. The fourth-order valence-corrected chi connectivity index (χ4v) is 5.41. The van der Waals surface area contributed by atoms with Crippen molar-refractivity contribution >= 4 is 21.6 Å². The molecule has 1 aliphatic rings. The molecule has 8 heteroatoms. The molecule has 1 atom stereocenters. The largest absolute Gasteiger partial charge is 0.497 e. The molecule has 1 aliphatic heterocycles. The maximum Gasteiger partial charge on any atom is 0.244 e. The van der Waals surface area contributed by atoms with Gasteiger partial charge in [0.25, 0.3) is 0 Å². The van der Waals surface area contributed by atoms with E-state index in [2.05, 4.69) is 5.32 Å². The number of amides is 1. The third-order valence-electron chi connectivity index (χ3n) is 5.52. The molecule has 0 aliphatic carbocycles. The Morgan fingerprint density at radius 1 is 0.938 bits per heavy atom. The standard InChI is InChI=1S/C24H24N2O5S/c1-30-19-12-13-21(23(15-19)31-2)25-24(27)22-14-17-8-6-7-9-18(17)16-26(22)32(28,29)20-10-4-3-5-11-20/h3-13,15,22H,14,16H2,1-2H3,(H,25,27)/t22-/m0/s1. The van der Waals surface area contributed by atoms with E-state index in [0.717, 1.165) is 11.1 Å². The normalized spacial score (nSPS) is 16.1. The molecule has 0 unspecified atom stereocenters. The van der Waals surface area contributed by atoms with E-state index >= 15 is 0 Å². The molecule has 3 aromatic rings. The van der Waals surface area contributed by atoms with Crippen molar-refractivity contribution < 1.29 is 22.7 Å². The molecule has 0 saturated carbocycles. The molecule has 1 heterocycles. The van der Waals surface area contributed by atoms with Gasteiger partial charge in [0.1, 0.15) is 17.5 Å². The number of carbonyl (C=O) groups is 1. The fourth-order valence-electron chi connectivity index (χ4n) is 3.82. The zero-order valence-corrected chi connectivity index (χ0v) is 18.6. The number of nitrogens with one attached hydrogen (secondary N) is 1. The Morgan fingerprint density at radius 2 is 1.62 bits per heavy atom. The lowest BCUT2D eigenvalue weighted by Gasteiger charge is -2.35. The fraction of sp³-hybridized carbons (Fsp3) is 0.208. The first-order valence-electron chi connectivity index (χ1n) is 10.1. The van der Waals surface area contributed by atoms with Gasteiger partial charge in [0.2, 0.25) is 15.9 Å². The topological polar surface area (TPSA) is 84.9 Å². The SMILES string of the molecule is COc1ccc(NC(=O)[C@@H]2Cc3ccccc3CN2S(=O)(=O)c2ccccc2)c(OC)c1. The van der Waals surface area contributed by atoms with Crippen LogP contribution in [-0.2, 0) is 27.8 Å². The van der Waals surface area contributed by atoms with Crippen molar-refractivity contribution in [2.75, 3.05) is 19.5 Å². The summed E-state index contributed by atoms with van der Waals surface area (Å²) in [5.74, 6) is 0.577. The van der Waals surface area contributed by atoms with Gasteiger partial charge in [-0.1, -0.05) is 42.5 Å². The molecule has 1 N–H and O–H groups in total. The number of methoxy groups -OCH3 is 2. The van der Waals surface area contributed by atoms with Crippen LogP contribution in [0.2, 0.25) is 0 Å². The van der Waals surface area contributed by atoms with E-state index in [9.17, 15) is 13.2 Å². The number of benzene rings is 3. The van der Waals surface area contributed by atoms with E-state index in [4.69, 9.17) is 9.47 Å². The summed E-state index contributed by atoms with van der Waals surface area (Å²) in [5.41, 5.74) is 2.28. The first-order valence-corrected chi connectivity index (χ1v) is 11.5. The average Bonchev–Trinajstić information content (AvgIpc) is 2.83. The number of carbonyl (C=O) groups excluding carboxylic acids is 1. The van der Waals surface area contributed by atoms with Gasteiger partial charge in [0, 0.05) is 12.6 Å². The Bertz CT molecular complexity index is 1230. The number of sulfonamides is 1. The van der Waals surface area contributed by atoms with Crippen LogP contribution in [-0.4, -0.2) is 38.9 Å². The summed E-state index contributed by atoms with van der Waals surface area (Å²) in [5, 5.41) is 2.84. The van der Waals surface area contributed by atoms with Gasteiger partial charge in [-0.25, -0.2) is 8.42 Å². The lowest BCUT2D eigenvalue weighted by molar-refractivity contribution is -0.120. The summed E-state index contributed by atoms with van der Waals surface area (Å²) in [6.45, 7) is 0.116. The van der Waals surface area contributed by atoms with Gasteiger partial charge in [-0.05, 0) is 41.8 Å². The third kappa shape index (κ3) is 4.19. The molecule has 1 amide bonds. The maximum atomic E-state index is 13.5. The first-order chi connectivity index (χ1) is 15.4. The second kappa shape index (κ2) is 9.02. The average molecular weight is 453 g/mol. The number of ether oxygens (including phenoxy) is 2. The maximum absolute atomic E-state index is 13.5. The lowest BCUT2D eigenvalue weighted by Crippen LogP contribution is -2.50.